The summed E-state index contributed by atoms with van der Waals surface area (Å²) in [6.07, 6.45) is 9.05. The number of anilines is 2. The maximum atomic E-state index is 14.7. The summed E-state index contributed by atoms with van der Waals surface area (Å²) in [6.45, 7) is 13.9. The maximum absolute atomic E-state index is 14.7. The molecule has 0 radical (unpaired) electrons. The molecular formula is C54H65FN8O9S. The number of piperazine rings is 1. The first-order valence-electron chi connectivity index (χ1n) is 25.6. The third-order valence-electron chi connectivity index (χ3n) is 16.3. The fourth-order valence-corrected chi connectivity index (χ4v) is 13.0. The van der Waals surface area contributed by atoms with Gasteiger partial charge in [0.1, 0.15) is 29.6 Å². The zero-order chi connectivity index (χ0) is 51.6. The van der Waals surface area contributed by atoms with Crippen LogP contribution in [0.4, 0.5) is 21.5 Å². The van der Waals surface area contributed by atoms with Gasteiger partial charge in [0.05, 0.1) is 44.7 Å². The molecule has 2 saturated heterocycles. The molecule has 2 saturated carbocycles. The lowest BCUT2D eigenvalue weighted by molar-refractivity contribution is -0.384. The number of H-pyrrole nitrogens is 1. The molecule has 4 fully saturated rings. The van der Waals surface area contributed by atoms with Gasteiger partial charge in [-0.2, -0.15) is 0 Å². The number of nitro benzene ring substituents is 1. The van der Waals surface area contributed by atoms with E-state index in [4.69, 9.17) is 9.47 Å². The summed E-state index contributed by atoms with van der Waals surface area (Å²) in [7, 11) is -4.74. The lowest BCUT2D eigenvalue weighted by Gasteiger charge is -2.58. The number of nitro groups is 1. The van der Waals surface area contributed by atoms with E-state index in [-0.39, 0.29) is 75.7 Å². The molecule has 388 valence electrons. The molecule has 3 aromatic carbocycles. The number of sulfonamides is 1. The molecule has 19 heteroatoms. The number of benzene rings is 3. The number of nitrogens with zero attached hydrogens (tertiary/aromatic N) is 5. The van der Waals surface area contributed by atoms with Gasteiger partial charge in [0.15, 0.2) is 11.4 Å². The predicted molar refractivity (Wildman–Crippen MR) is 274 cm³/mol. The Hall–Kier alpha value is -6.31. The lowest BCUT2D eigenvalue weighted by Crippen LogP contribution is -2.60. The first-order valence-corrected chi connectivity index (χ1v) is 27.1. The number of amides is 2. The second kappa shape index (κ2) is 19.5. The summed E-state index contributed by atoms with van der Waals surface area (Å²) in [6, 6.07) is 17.2. The second-order valence-corrected chi connectivity index (χ2v) is 23.6. The zero-order valence-corrected chi connectivity index (χ0v) is 42.8. The Balaban J connectivity index is 0.863. The van der Waals surface area contributed by atoms with Crippen molar-refractivity contribution < 1.29 is 41.9 Å². The topological polar surface area (TPSA) is 213 Å². The van der Waals surface area contributed by atoms with E-state index in [1.807, 2.05) is 18.7 Å². The van der Waals surface area contributed by atoms with Crippen LogP contribution in [0.15, 0.2) is 78.0 Å². The molecule has 4 N–H and O–H groups in total. The highest BCUT2D eigenvalue weighted by molar-refractivity contribution is 7.90. The number of hydrogen-bond acceptors (Lipinski definition) is 13. The highest BCUT2D eigenvalue weighted by atomic mass is 32.2. The first kappa shape index (κ1) is 50.2. The van der Waals surface area contributed by atoms with Crippen LogP contribution in [0.3, 0.4) is 0 Å². The van der Waals surface area contributed by atoms with Gasteiger partial charge >= 0.3 is 0 Å². The van der Waals surface area contributed by atoms with Crippen molar-refractivity contribution in [3.63, 3.8) is 0 Å². The average Bonchev–Trinajstić information content (AvgIpc) is 3.73. The molecule has 2 aromatic heterocycles. The van der Waals surface area contributed by atoms with E-state index in [0.29, 0.717) is 56.4 Å². The van der Waals surface area contributed by atoms with Crippen LogP contribution in [-0.2, 0) is 14.8 Å². The monoisotopic (exact) mass is 1020 g/mol. The maximum Gasteiger partial charge on any atom is 0.297 e. The number of piperidine rings is 1. The Morgan fingerprint density at radius 1 is 1.00 bits per heavy atom. The van der Waals surface area contributed by atoms with Crippen LogP contribution in [0.2, 0.25) is 0 Å². The van der Waals surface area contributed by atoms with Crippen LogP contribution in [0.5, 0.6) is 17.2 Å². The van der Waals surface area contributed by atoms with Crippen LogP contribution < -0.4 is 24.4 Å². The van der Waals surface area contributed by atoms with Gasteiger partial charge in [0.2, 0.25) is 5.91 Å². The molecule has 5 aromatic rings. The fourth-order valence-electron chi connectivity index (χ4n) is 12.0. The number of aromatic amines is 1. The van der Waals surface area contributed by atoms with E-state index < -0.39 is 42.9 Å². The Kier molecular flexibility index (Phi) is 13.4. The van der Waals surface area contributed by atoms with E-state index in [9.17, 15) is 37.6 Å². The molecule has 73 heavy (non-hydrogen) atoms. The van der Waals surface area contributed by atoms with Crippen LogP contribution in [0, 0.1) is 33.2 Å². The van der Waals surface area contributed by atoms with Gasteiger partial charge in [0.25, 0.3) is 21.6 Å². The third kappa shape index (κ3) is 10.1. The fraction of sp³-hybridized carbons (Fsp3) is 0.500. The van der Waals surface area contributed by atoms with Crippen molar-refractivity contribution in [1.82, 2.24) is 24.5 Å². The van der Waals surface area contributed by atoms with Crippen LogP contribution in [0.1, 0.15) is 119 Å². The second-order valence-electron chi connectivity index (χ2n) is 21.9. The van der Waals surface area contributed by atoms with Crippen molar-refractivity contribution in [2.45, 2.75) is 121 Å². The van der Waals surface area contributed by atoms with Gasteiger partial charge in [-0.1, -0.05) is 52.0 Å². The van der Waals surface area contributed by atoms with Crippen molar-refractivity contribution in [2.24, 2.45) is 17.3 Å². The molecule has 5 aliphatic rings. The van der Waals surface area contributed by atoms with E-state index >= 15 is 0 Å². The van der Waals surface area contributed by atoms with Gasteiger partial charge in [-0.3, -0.25) is 24.6 Å². The molecule has 1 spiro atoms. The number of nitrogens with one attached hydrogen (secondary N) is 3. The SMILES string of the molecule is CC(C)C(=O)N1CCN(C2CC3(CCN(c4ccc(C(=O)NS(=O)(=O)c5cc6c(c([N+](=O)[O-])c5)N[C@@H](C5CCC(C)(O)CC5)CO6)c(Oc5cnc6[nH]cc(F)c6c5)c4)CC3)C2)[C@H](c2ccccc2C(C)C)C1. The Morgan fingerprint density at radius 2 is 1.74 bits per heavy atom. The number of ether oxygens (including phenoxy) is 2. The molecule has 0 unspecified atom stereocenters. The predicted octanol–water partition coefficient (Wildman–Crippen LogP) is 9.05. The highest BCUT2D eigenvalue weighted by Gasteiger charge is 2.50. The van der Waals surface area contributed by atoms with E-state index in [1.54, 1.807) is 19.1 Å². The van der Waals surface area contributed by atoms with Crippen LogP contribution >= 0.6 is 0 Å². The van der Waals surface area contributed by atoms with Gasteiger partial charge < -0.3 is 34.7 Å². The van der Waals surface area contributed by atoms with E-state index in [1.165, 1.54) is 35.7 Å². The number of carbonyl (C=O) groups excluding carboxylic acids is 2. The standard InChI is InChI=1S/C54H65FN8O9S/c1-32(2)39-8-6-7-9-40(39)46-30-61(52(65)33(3)4)20-21-62(46)36-26-54(27-36)16-18-60(19-17-54)35-10-11-41(47(22-35)72-37-23-42-43(55)29-57-50(42)56-28-37)51(64)59-73(69,70)38-24-45(63(67)68)49-48(25-38)71-31-44(58-49)34-12-14-53(5,66)15-13-34/h6-11,22-25,28-29,32-34,36,44,46,58,66H,12-21,26-27,30-31H2,1-5H3,(H,56,57)(H,59,64)/t34?,44-,46+,53?/m1/s1. The lowest BCUT2D eigenvalue weighted by atomic mass is 9.59. The quantitative estimate of drug-likeness (QED) is 0.0679. The first-order chi connectivity index (χ1) is 34.8. The van der Waals surface area contributed by atoms with Gasteiger partial charge in [-0.15, -0.1) is 0 Å². The minimum Gasteiger partial charge on any atom is -0.489 e. The minimum absolute atomic E-state index is 0.00618. The van der Waals surface area contributed by atoms with Crippen molar-refractivity contribution in [2.75, 3.05) is 49.5 Å². The Morgan fingerprint density at radius 3 is 2.45 bits per heavy atom. The smallest absolute Gasteiger partial charge is 0.297 e. The molecule has 2 aliphatic carbocycles. The number of pyridine rings is 1. The van der Waals surface area contributed by atoms with Crippen molar-refractivity contribution in [1.29, 1.82) is 0 Å². The number of fused-ring (bicyclic) bond motifs is 2. The Bertz CT molecular complexity index is 3050. The number of aliphatic hydroxyl groups is 1. The largest absolute Gasteiger partial charge is 0.489 e. The summed E-state index contributed by atoms with van der Waals surface area (Å²) < 4.78 is 57.1. The summed E-state index contributed by atoms with van der Waals surface area (Å²) in [5, 5.41) is 26.3. The van der Waals surface area contributed by atoms with Crippen molar-refractivity contribution in [3.8, 4) is 17.2 Å². The highest BCUT2D eigenvalue weighted by Crippen LogP contribution is 2.54. The number of hydrogen-bond donors (Lipinski definition) is 4. The minimum atomic E-state index is -4.74. The zero-order valence-electron chi connectivity index (χ0n) is 42.0. The van der Waals surface area contributed by atoms with Crippen LogP contribution in [-0.4, -0.2) is 107 Å². The normalized spacial score (nSPS) is 23.4. The van der Waals surface area contributed by atoms with Crippen molar-refractivity contribution in [3.05, 3.63) is 106 Å². The molecule has 5 heterocycles. The summed E-state index contributed by atoms with van der Waals surface area (Å²) in [4.78, 5) is 52.6. The van der Waals surface area contributed by atoms with Crippen molar-refractivity contribution >= 4 is 49.9 Å². The molecule has 3 aliphatic heterocycles. The Labute approximate surface area is 425 Å². The summed E-state index contributed by atoms with van der Waals surface area (Å²) in [5.41, 5.74) is 2.39. The average molecular weight is 1020 g/mol. The molecule has 10 rings (SSSR count). The molecule has 0 bridgehead atoms. The number of aromatic nitrogens is 2. The van der Waals surface area contributed by atoms with E-state index in [0.717, 1.165) is 63.1 Å². The van der Waals surface area contributed by atoms with E-state index in [2.05, 4.69) is 67.9 Å². The summed E-state index contributed by atoms with van der Waals surface area (Å²) >= 11 is 0. The molecule has 17 nitrogen and oxygen atoms in total. The number of carbonyl (C=O) groups is 2. The molecule has 2 atom stereocenters. The summed E-state index contributed by atoms with van der Waals surface area (Å²) in [5.74, 6) is -1.00. The molecule has 2 amide bonds. The molecular weight excluding hydrogens is 956 g/mol. The van der Waals surface area contributed by atoms with Gasteiger partial charge in [-0.25, -0.2) is 22.5 Å². The number of rotatable bonds is 12. The van der Waals surface area contributed by atoms with Crippen LogP contribution in [0.25, 0.3) is 11.0 Å². The third-order valence-corrected chi connectivity index (χ3v) is 17.6. The number of halogens is 1. The van der Waals surface area contributed by atoms with Gasteiger partial charge in [0, 0.05) is 74.8 Å². The van der Waals surface area contributed by atoms with Gasteiger partial charge in [-0.05, 0) is 105 Å².